The second-order valence-electron chi connectivity index (χ2n) is 8.12. The minimum atomic E-state index is -0.491. The number of aliphatic hydroxyl groups is 1. The molecular weight excluding hydrogens is 342 g/mol. The van der Waals surface area contributed by atoms with Gasteiger partial charge in [0, 0.05) is 0 Å². The molecule has 0 unspecified atom stereocenters. The van der Waals surface area contributed by atoms with Crippen LogP contribution in [0.2, 0.25) is 0 Å². The number of esters is 1. The lowest BCUT2D eigenvalue weighted by Crippen LogP contribution is -2.42. The molecule has 0 radical (unpaired) electrons. The molecule has 0 saturated heterocycles. The molecule has 0 aromatic heterocycles. The van der Waals surface area contributed by atoms with Gasteiger partial charge < -0.3 is 15.2 Å². The van der Waals surface area contributed by atoms with E-state index in [1.165, 1.54) is 6.08 Å². The summed E-state index contributed by atoms with van der Waals surface area (Å²) in [6, 6.07) is 7.54. The van der Waals surface area contributed by atoms with E-state index < -0.39 is 12.2 Å². The first kappa shape index (κ1) is 23.1. The number of ketones is 1. The van der Waals surface area contributed by atoms with Crippen molar-refractivity contribution in [2.45, 2.75) is 59.1 Å². The van der Waals surface area contributed by atoms with Gasteiger partial charge in [-0.25, -0.2) is 0 Å². The number of benzene rings is 1. The van der Waals surface area contributed by atoms with Crippen LogP contribution in [0.25, 0.3) is 6.08 Å². The van der Waals surface area contributed by atoms with Gasteiger partial charge in [-0.1, -0.05) is 44.2 Å². The van der Waals surface area contributed by atoms with Crippen molar-refractivity contribution in [1.82, 2.24) is 5.32 Å². The fraction of sp³-hybridized carbons (Fsp3) is 0.545. The quantitative estimate of drug-likeness (QED) is 0.485. The Labute approximate surface area is 162 Å². The highest BCUT2D eigenvalue weighted by Gasteiger charge is 2.25. The second-order valence-corrected chi connectivity index (χ2v) is 8.12. The maximum absolute atomic E-state index is 12.4. The van der Waals surface area contributed by atoms with Crippen LogP contribution in [0.4, 0.5) is 0 Å². The van der Waals surface area contributed by atoms with Gasteiger partial charge in [0.1, 0.15) is 18.2 Å². The molecule has 1 atom stereocenters. The Bertz CT molecular complexity index is 627. The highest BCUT2D eigenvalue weighted by molar-refractivity contribution is 5.94. The first-order chi connectivity index (χ1) is 12.6. The van der Waals surface area contributed by atoms with Crippen LogP contribution in [0.1, 0.15) is 52.2 Å². The number of nitrogens with one attached hydrogen (secondary N) is 1. The third kappa shape index (κ3) is 10.1. The predicted molar refractivity (Wildman–Crippen MR) is 108 cm³/mol. The number of ether oxygens (including phenoxy) is 1. The molecule has 150 valence electrons. The van der Waals surface area contributed by atoms with Crippen LogP contribution in [0.15, 0.2) is 30.3 Å². The Morgan fingerprint density at radius 1 is 1.19 bits per heavy atom. The maximum Gasteiger partial charge on any atom is 0.323 e. The summed E-state index contributed by atoms with van der Waals surface area (Å²) in [7, 11) is 0. The summed E-state index contributed by atoms with van der Waals surface area (Å²) in [6.45, 7) is 10.0. The molecule has 1 aromatic carbocycles. The number of carbonyl (C=O) groups excluding carboxylic acids is 2. The summed E-state index contributed by atoms with van der Waals surface area (Å²) < 4.78 is 5.52. The zero-order valence-corrected chi connectivity index (χ0v) is 17.1. The van der Waals surface area contributed by atoms with Crippen LogP contribution in [0, 0.1) is 5.92 Å². The van der Waals surface area contributed by atoms with Crippen molar-refractivity contribution in [2.24, 2.45) is 5.92 Å². The average molecular weight is 376 g/mol. The molecule has 2 N–H and O–H groups in total. The topological polar surface area (TPSA) is 75.6 Å². The van der Waals surface area contributed by atoms with Crippen molar-refractivity contribution in [3.8, 4) is 0 Å². The number of aliphatic hydroxyl groups excluding tert-OH is 1. The molecule has 27 heavy (non-hydrogen) atoms. The van der Waals surface area contributed by atoms with E-state index in [-0.39, 0.29) is 17.8 Å². The van der Waals surface area contributed by atoms with Crippen molar-refractivity contribution in [3.05, 3.63) is 41.5 Å². The lowest BCUT2D eigenvalue weighted by Gasteiger charge is -2.25. The van der Waals surface area contributed by atoms with E-state index in [0.29, 0.717) is 12.5 Å². The van der Waals surface area contributed by atoms with Gasteiger partial charge in [0.2, 0.25) is 0 Å². The first-order valence-corrected chi connectivity index (χ1v) is 9.47. The summed E-state index contributed by atoms with van der Waals surface area (Å²) >= 11 is 0. The summed E-state index contributed by atoms with van der Waals surface area (Å²) in [5.41, 5.74) is 1.55. The van der Waals surface area contributed by atoms with E-state index in [2.05, 4.69) is 19.2 Å². The molecule has 0 spiro atoms. The Morgan fingerprint density at radius 2 is 1.81 bits per heavy atom. The molecule has 0 aliphatic rings. The van der Waals surface area contributed by atoms with Gasteiger partial charge >= 0.3 is 5.97 Å². The number of rotatable bonds is 10. The lowest BCUT2D eigenvalue weighted by atomic mass is 10.0. The van der Waals surface area contributed by atoms with Gasteiger partial charge in [0.15, 0.2) is 5.78 Å². The van der Waals surface area contributed by atoms with Gasteiger partial charge in [0.05, 0.1) is 0 Å². The molecule has 0 fully saturated rings. The van der Waals surface area contributed by atoms with E-state index in [4.69, 9.17) is 9.84 Å². The van der Waals surface area contributed by atoms with Gasteiger partial charge in [-0.3, -0.25) is 9.59 Å². The highest BCUT2D eigenvalue weighted by Crippen LogP contribution is 2.13. The van der Waals surface area contributed by atoms with Gasteiger partial charge in [0.25, 0.3) is 0 Å². The van der Waals surface area contributed by atoms with Gasteiger partial charge in [-0.15, -0.1) is 0 Å². The molecule has 0 bridgehead atoms. The van der Waals surface area contributed by atoms with Crippen molar-refractivity contribution in [1.29, 1.82) is 0 Å². The Morgan fingerprint density at radius 3 is 2.33 bits per heavy atom. The van der Waals surface area contributed by atoms with Crippen LogP contribution in [0.5, 0.6) is 0 Å². The number of hydrogen-bond acceptors (Lipinski definition) is 5. The zero-order chi connectivity index (χ0) is 20.4. The molecule has 1 aromatic rings. The van der Waals surface area contributed by atoms with E-state index in [1.807, 2.05) is 45.0 Å². The third-order valence-electron chi connectivity index (χ3n) is 3.80. The largest absolute Gasteiger partial charge is 0.459 e. The predicted octanol–water partition coefficient (Wildman–Crippen LogP) is 3.15. The van der Waals surface area contributed by atoms with Crippen molar-refractivity contribution in [2.75, 3.05) is 13.2 Å². The monoisotopic (exact) mass is 375 g/mol. The van der Waals surface area contributed by atoms with Crippen molar-refractivity contribution < 1.29 is 19.4 Å². The molecule has 0 amide bonds. The molecule has 5 nitrogen and oxygen atoms in total. The molecule has 0 aliphatic heterocycles. The van der Waals surface area contributed by atoms with Crippen LogP contribution in [0.3, 0.4) is 0 Å². The molecular formula is C22H33NO4. The summed E-state index contributed by atoms with van der Waals surface area (Å²) in [4.78, 5) is 23.5. The fourth-order valence-corrected chi connectivity index (χ4v) is 2.54. The summed E-state index contributed by atoms with van der Waals surface area (Å²) in [6.07, 6.45) is 4.57. The molecule has 0 saturated carbocycles. The van der Waals surface area contributed by atoms with Crippen molar-refractivity contribution in [3.63, 3.8) is 0 Å². The molecule has 1 rings (SSSR count). The average Bonchev–Trinajstić information content (AvgIpc) is 2.58. The second kappa shape index (κ2) is 11.0. The van der Waals surface area contributed by atoms with Crippen LogP contribution in [-0.4, -0.2) is 41.7 Å². The Balaban J connectivity index is 2.58. The van der Waals surface area contributed by atoms with Crippen LogP contribution in [-0.2, 0) is 20.7 Å². The summed E-state index contributed by atoms with van der Waals surface area (Å²) in [5.74, 6) is -0.130. The normalized spacial score (nSPS) is 13.1. The smallest absolute Gasteiger partial charge is 0.323 e. The maximum atomic E-state index is 12.4. The Kier molecular flexibility index (Phi) is 9.39. The summed E-state index contributed by atoms with van der Waals surface area (Å²) in [5, 5.41) is 12.0. The van der Waals surface area contributed by atoms with Crippen LogP contribution < -0.4 is 5.32 Å². The fourth-order valence-electron chi connectivity index (χ4n) is 2.54. The van der Waals surface area contributed by atoms with Crippen molar-refractivity contribution >= 4 is 17.8 Å². The molecule has 0 aliphatic carbocycles. The Hall–Kier alpha value is -1.98. The minimum Gasteiger partial charge on any atom is -0.459 e. The van der Waals surface area contributed by atoms with E-state index >= 15 is 0 Å². The lowest BCUT2D eigenvalue weighted by molar-refractivity contribution is -0.158. The first-order valence-electron chi connectivity index (χ1n) is 9.47. The molecule has 0 heterocycles. The van der Waals surface area contributed by atoms with E-state index in [1.54, 1.807) is 6.08 Å². The third-order valence-corrected chi connectivity index (χ3v) is 3.80. The van der Waals surface area contributed by atoms with Gasteiger partial charge in [-0.2, -0.15) is 0 Å². The number of hydrogen-bond donors (Lipinski definition) is 2. The molecule has 5 heteroatoms. The van der Waals surface area contributed by atoms with E-state index in [9.17, 15) is 9.59 Å². The van der Waals surface area contributed by atoms with Gasteiger partial charge in [-0.05, 0) is 63.3 Å². The standard InChI is InChI=1S/C22H33NO4/c1-16(2)14-20(21(26)27-22(3,4)5)23-13-12-18-8-6-17(7-9-18)10-11-19(25)15-24/h6-11,16,20,23-24H,12-15H2,1-5H3/b11-10+/t20-/m0/s1. The van der Waals surface area contributed by atoms with E-state index in [0.717, 1.165) is 24.0 Å². The number of carbonyl (C=O) groups is 2. The zero-order valence-electron chi connectivity index (χ0n) is 17.1. The van der Waals surface area contributed by atoms with Crippen LogP contribution >= 0.6 is 0 Å². The minimum absolute atomic E-state index is 0.203. The highest BCUT2D eigenvalue weighted by atomic mass is 16.6. The SMILES string of the molecule is CC(C)C[C@H](NCCc1ccc(/C=C/C(=O)CO)cc1)C(=O)OC(C)(C)C.